The van der Waals surface area contributed by atoms with Gasteiger partial charge in [0.25, 0.3) is 5.88 Å². The topological polar surface area (TPSA) is 123 Å². The SMILES string of the molecule is COc1ccc(Nc2cc(-c3cccc(N(C(=O)C(F)(F)F)c4ccc5c(c4)CC(=O)N5)c3)cn3ncnc23)nc1OC. The summed E-state index contributed by atoms with van der Waals surface area (Å²) in [6.45, 7) is 0. The number of ether oxygens (including phenoxy) is 2. The number of pyridine rings is 2. The van der Waals surface area contributed by atoms with Crippen LogP contribution < -0.4 is 25.0 Å². The zero-order chi connectivity index (χ0) is 30.3. The number of halogens is 3. The number of fused-ring (bicyclic) bond motifs is 2. The number of carbonyl (C=O) groups excluding carboxylic acids is 2. The van der Waals surface area contributed by atoms with Gasteiger partial charge in [-0.25, -0.2) is 9.50 Å². The van der Waals surface area contributed by atoms with Gasteiger partial charge in [-0.2, -0.15) is 23.3 Å². The molecule has 0 unspecified atom stereocenters. The third-order valence-corrected chi connectivity index (χ3v) is 6.73. The lowest BCUT2D eigenvalue weighted by Gasteiger charge is -2.25. The molecule has 1 aliphatic rings. The maximum absolute atomic E-state index is 13.8. The summed E-state index contributed by atoms with van der Waals surface area (Å²) in [5.74, 6) is -1.24. The van der Waals surface area contributed by atoms with E-state index < -0.39 is 12.1 Å². The number of alkyl halides is 3. The first-order valence-electron chi connectivity index (χ1n) is 12.8. The Morgan fingerprint density at radius 1 is 1.02 bits per heavy atom. The van der Waals surface area contributed by atoms with E-state index in [1.807, 2.05) is 0 Å². The van der Waals surface area contributed by atoms with Crippen LogP contribution in [0.3, 0.4) is 0 Å². The van der Waals surface area contributed by atoms with E-state index in [-0.39, 0.29) is 29.6 Å². The van der Waals surface area contributed by atoms with E-state index >= 15 is 0 Å². The number of amides is 2. The minimum Gasteiger partial charge on any atom is -0.491 e. The van der Waals surface area contributed by atoms with Gasteiger partial charge in [0.1, 0.15) is 12.1 Å². The first-order chi connectivity index (χ1) is 20.6. The van der Waals surface area contributed by atoms with Gasteiger partial charge in [-0.05, 0) is 59.7 Å². The lowest BCUT2D eigenvalue weighted by atomic mass is 10.0. The number of nitrogens with one attached hydrogen (secondary N) is 2. The highest BCUT2D eigenvalue weighted by atomic mass is 19.4. The highest BCUT2D eigenvalue weighted by Gasteiger charge is 2.44. The summed E-state index contributed by atoms with van der Waals surface area (Å²) in [7, 11) is 2.96. The largest absolute Gasteiger partial charge is 0.491 e. The Labute approximate surface area is 241 Å². The summed E-state index contributed by atoms with van der Waals surface area (Å²) in [6, 6.07) is 15.5. The highest BCUT2D eigenvalue weighted by Crippen LogP contribution is 2.37. The molecule has 0 atom stereocenters. The van der Waals surface area contributed by atoms with Gasteiger partial charge in [-0.3, -0.25) is 14.5 Å². The van der Waals surface area contributed by atoms with Gasteiger partial charge in [-0.15, -0.1) is 0 Å². The van der Waals surface area contributed by atoms with Crippen LogP contribution >= 0.6 is 0 Å². The third-order valence-electron chi connectivity index (χ3n) is 6.73. The Morgan fingerprint density at radius 2 is 1.84 bits per heavy atom. The van der Waals surface area contributed by atoms with Crippen LogP contribution in [0.4, 0.5) is 41.7 Å². The Bertz CT molecular complexity index is 1890. The van der Waals surface area contributed by atoms with Gasteiger partial charge >= 0.3 is 12.1 Å². The van der Waals surface area contributed by atoms with E-state index in [2.05, 4.69) is 25.7 Å². The molecule has 218 valence electrons. The van der Waals surface area contributed by atoms with Crippen molar-refractivity contribution in [3.8, 4) is 22.8 Å². The van der Waals surface area contributed by atoms with Crippen molar-refractivity contribution < 1.29 is 32.2 Å². The van der Waals surface area contributed by atoms with E-state index in [0.717, 1.165) is 0 Å². The average molecular weight is 590 g/mol. The molecule has 5 aromatic rings. The van der Waals surface area contributed by atoms with Gasteiger partial charge in [0, 0.05) is 28.8 Å². The maximum atomic E-state index is 13.8. The van der Waals surface area contributed by atoms with E-state index in [4.69, 9.17) is 9.47 Å². The van der Waals surface area contributed by atoms with Gasteiger partial charge in [0.05, 0.1) is 26.3 Å². The summed E-state index contributed by atoms with van der Waals surface area (Å²) in [5.41, 5.74) is 2.96. The van der Waals surface area contributed by atoms with Crippen LogP contribution in [-0.4, -0.2) is 51.8 Å². The number of hydrogen-bond acceptors (Lipinski definition) is 8. The lowest BCUT2D eigenvalue weighted by Crippen LogP contribution is -2.38. The average Bonchev–Trinajstić information content (AvgIpc) is 3.62. The molecular formula is C29H22F3N7O4. The van der Waals surface area contributed by atoms with Gasteiger partial charge in [0.2, 0.25) is 5.91 Å². The molecule has 0 saturated carbocycles. The number of methoxy groups -OCH3 is 2. The van der Waals surface area contributed by atoms with Gasteiger partial charge < -0.3 is 20.1 Å². The van der Waals surface area contributed by atoms with Gasteiger partial charge in [0.15, 0.2) is 11.4 Å². The van der Waals surface area contributed by atoms with Crippen LogP contribution in [0.25, 0.3) is 16.8 Å². The number of nitrogens with zero attached hydrogens (tertiary/aromatic N) is 5. The minimum absolute atomic E-state index is 0.000114. The molecule has 6 rings (SSSR count). The molecule has 0 bridgehead atoms. The molecule has 0 saturated heterocycles. The Morgan fingerprint density at radius 3 is 2.60 bits per heavy atom. The van der Waals surface area contributed by atoms with Crippen LogP contribution in [0.1, 0.15) is 5.56 Å². The van der Waals surface area contributed by atoms with E-state index in [0.29, 0.717) is 50.2 Å². The van der Waals surface area contributed by atoms with Crippen molar-refractivity contribution in [2.45, 2.75) is 12.6 Å². The standard InChI is InChI=1S/C29H22F3N7O4/c1-42-23-8-9-24(37-27(23)43-2)35-22-12-18(14-38-26(22)33-15-34-38)16-4-3-5-19(10-16)39(28(41)29(30,31)32)20-6-7-21-17(11-20)13-25(40)36-21/h3-12,14-15H,13H2,1-2H3,(H,35,37)(H,36,40). The monoisotopic (exact) mass is 589 g/mol. The smallest absolute Gasteiger partial charge is 0.472 e. The molecule has 0 aliphatic carbocycles. The summed E-state index contributed by atoms with van der Waals surface area (Å²) in [6.07, 6.45) is -2.14. The molecule has 2 N–H and O–H groups in total. The molecule has 3 aromatic heterocycles. The van der Waals surface area contributed by atoms with Crippen molar-refractivity contribution in [3.63, 3.8) is 0 Å². The van der Waals surface area contributed by atoms with Crippen molar-refractivity contribution in [1.29, 1.82) is 0 Å². The molecule has 43 heavy (non-hydrogen) atoms. The molecule has 0 spiro atoms. The molecular weight excluding hydrogens is 567 g/mol. The molecule has 2 amide bonds. The molecule has 14 heteroatoms. The normalized spacial score (nSPS) is 12.5. The van der Waals surface area contributed by atoms with Crippen molar-refractivity contribution >= 4 is 46.0 Å². The molecule has 1 aliphatic heterocycles. The quantitative estimate of drug-likeness (QED) is 0.263. The van der Waals surface area contributed by atoms with Crippen molar-refractivity contribution in [1.82, 2.24) is 19.6 Å². The van der Waals surface area contributed by atoms with E-state index in [9.17, 15) is 22.8 Å². The summed E-state index contributed by atoms with van der Waals surface area (Å²) in [5, 5.41) is 10.0. The fourth-order valence-electron chi connectivity index (χ4n) is 4.80. The second-order valence-electron chi connectivity index (χ2n) is 9.46. The molecule has 0 fully saturated rings. The maximum Gasteiger partial charge on any atom is 0.472 e. The minimum atomic E-state index is -5.16. The fourth-order valence-corrected chi connectivity index (χ4v) is 4.80. The van der Waals surface area contributed by atoms with Crippen LogP contribution in [0, 0.1) is 0 Å². The zero-order valence-corrected chi connectivity index (χ0v) is 22.6. The summed E-state index contributed by atoms with van der Waals surface area (Å²) >= 11 is 0. The first kappa shape index (κ1) is 27.5. The number of carbonyl (C=O) groups is 2. The van der Waals surface area contributed by atoms with Crippen molar-refractivity contribution in [3.05, 3.63) is 78.8 Å². The predicted molar refractivity (Wildman–Crippen MR) is 151 cm³/mol. The highest BCUT2D eigenvalue weighted by molar-refractivity contribution is 6.05. The number of benzene rings is 2. The number of rotatable bonds is 7. The second kappa shape index (κ2) is 10.6. The third kappa shape index (κ3) is 5.25. The summed E-state index contributed by atoms with van der Waals surface area (Å²) in [4.78, 5) is 33.8. The van der Waals surface area contributed by atoms with E-state index in [1.54, 1.807) is 36.5 Å². The van der Waals surface area contributed by atoms with Gasteiger partial charge in [-0.1, -0.05) is 12.1 Å². The molecule has 0 radical (unpaired) electrons. The number of aromatic nitrogens is 4. The van der Waals surface area contributed by atoms with Crippen molar-refractivity contribution in [2.24, 2.45) is 0 Å². The predicted octanol–water partition coefficient (Wildman–Crippen LogP) is 5.27. The zero-order valence-electron chi connectivity index (χ0n) is 22.6. The summed E-state index contributed by atoms with van der Waals surface area (Å²) < 4.78 is 53.5. The van der Waals surface area contributed by atoms with E-state index in [1.165, 1.54) is 55.4 Å². The number of hydrogen-bond donors (Lipinski definition) is 2. The molecule has 4 heterocycles. The van der Waals surface area contributed by atoms with Crippen LogP contribution in [0.15, 0.2) is 73.2 Å². The van der Waals surface area contributed by atoms with Crippen LogP contribution in [0.5, 0.6) is 11.6 Å². The van der Waals surface area contributed by atoms with Crippen molar-refractivity contribution in [2.75, 3.05) is 29.8 Å². The second-order valence-corrected chi connectivity index (χ2v) is 9.46. The number of anilines is 5. The fraction of sp³-hybridized carbons (Fsp3) is 0.138. The first-order valence-corrected chi connectivity index (χ1v) is 12.8. The Kier molecular flexibility index (Phi) is 6.80. The molecule has 2 aromatic carbocycles. The lowest BCUT2D eigenvalue weighted by molar-refractivity contribution is -0.169. The Hall–Kier alpha value is -5.66. The van der Waals surface area contributed by atoms with Crippen LogP contribution in [-0.2, 0) is 16.0 Å². The van der Waals surface area contributed by atoms with Crippen LogP contribution in [0.2, 0.25) is 0 Å². The Balaban J connectivity index is 1.42. The molecule has 11 nitrogen and oxygen atoms in total.